The maximum Gasteiger partial charge on any atom is 0.323 e. The summed E-state index contributed by atoms with van der Waals surface area (Å²) in [6.45, 7) is 1.01. The van der Waals surface area contributed by atoms with Crippen molar-refractivity contribution in [3.63, 3.8) is 0 Å². The highest BCUT2D eigenvalue weighted by Gasteiger charge is 2.32. The van der Waals surface area contributed by atoms with Crippen molar-refractivity contribution in [2.75, 3.05) is 11.4 Å². The summed E-state index contributed by atoms with van der Waals surface area (Å²) < 4.78 is 5.27. The van der Waals surface area contributed by atoms with Crippen LogP contribution in [0, 0.1) is 0 Å². The van der Waals surface area contributed by atoms with Gasteiger partial charge in [0, 0.05) is 17.8 Å². The summed E-state index contributed by atoms with van der Waals surface area (Å²) in [6.07, 6.45) is 3.77. The zero-order valence-corrected chi connectivity index (χ0v) is 9.30. The molecule has 0 atom stereocenters. The number of aliphatic carboxylic acids is 1. The van der Waals surface area contributed by atoms with E-state index in [1.54, 1.807) is 11.1 Å². The third-order valence-corrected chi connectivity index (χ3v) is 2.99. The van der Waals surface area contributed by atoms with Crippen molar-refractivity contribution in [3.05, 3.63) is 17.5 Å². The van der Waals surface area contributed by atoms with Gasteiger partial charge in [-0.05, 0) is 12.8 Å². The van der Waals surface area contributed by atoms with E-state index in [0.717, 1.165) is 24.1 Å². The summed E-state index contributed by atoms with van der Waals surface area (Å²) in [4.78, 5) is 21.2. The van der Waals surface area contributed by atoms with E-state index >= 15 is 0 Å². The molecule has 1 N–H and O–H groups in total. The summed E-state index contributed by atoms with van der Waals surface area (Å²) in [5.74, 6) is -0.337. The molecule has 1 fully saturated rings. The maximum absolute atomic E-state index is 10.8. The van der Waals surface area contributed by atoms with Crippen molar-refractivity contribution >= 4 is 11.9 Å². The molecule has 1 saturated carbocycles. The quantitative estimate of drug-likeness (QED) is 0.821. The standard InChI is InChI=1S/C11H13N3O3/c15-10(16)4-14(8-1-2-8)11-12-3-7-5-17-6-9(7)13-11/h3,8H,1-2,4-6H2,(H,15,16). The van der Waals surface area contributed by atoms with Crippen LogP contribution in [-0.2, 0) is 22.7 Å². The fourth-order valence-electron chi connectivity index (χ4n) is 1.97. The molecular formula is C11H13N3O3. The summed E-state index contributed by atoms with van der Waals surface area (Å²) in [7, 11) is 0. The number of anilines is 1. The lowest BCUT2D eigenvalue weighted by molar-refractivity contribution is -0.135. The highest BCUT2D eigenvalue weighted by atomic mass is 16.5. The Labute approximate surface area is 98.2 Å². The van der Waals surface area contributed by atoms with Crippen molar-refractivity contribution in [1.82, 2.24) is 9.97 Å². The first-order valence-electron chi connectivity index (χ1n) is 5.65. The van der Waals surface area contributed by atoms with Crippen molar-refractivity contribution in [2.24, 2.45) is 0 Å². The van der Waals surface area contributed by atoms with Crippen LogP contribution >= 0.6 is 0 Å². The van der Waals surface area contributed by atoms with Gasteiger partial charge >= 0.3 is 5.97 Å². The van der Waals surface area contributed by atoms with E-state index in [4.69, 9.17) is 9.84 Å². The van der Waals surface area contributed by atoms with E-state index in [2.05, 4.69) is 9.97 Å². The van der Waals surface area contributed by atoms with Crippen molar-refractivity contribution < 1.29 is 14.6 Å². The highest BCUT2D eigenvalue weighted by Crippen LogP contribution is 2.30. The summed E-state index contributed by atoms with van der Waals surface area (Å²) in [6, 6.07) is 0.284. The highest BCUT2D eigenvalue weighted by molar-refractivity contribution is 5.73. The molecule has 0 radical (unpaired) electrons. The Balaban J connectivity index is 1.87. The van der Waals surface area contributed by atoms with Crippen LogP contribution in [0.25, 0.3) is 0 Å². The van der Waals surface area contributed by atoms with Gasteiger partial charge in [0.1, 0.15) is 6.54 Å². The SMILES string of the molecule is O=C(O)CN(c1ncc2c(n1)COC2)C1CC1. The van der Waals surface area contributed by atoms with Crippen LogP contribution < -0.4 is 4.90 Å². The Morgan fingerprint density at radius 1 is 1.53 bits per heavy atom. The molecule has 1 aliphatic carbocycles. The molecule has 6 heteroatoms. The zero-order chi connectivity index (χ0) is 11.8. The Morgan fingerprint density at radius 2 is 2.35 bits per heavy atom. The Hall–Kier alpha value is -1.69. The molecule has 0 amide bonds. The molecule has 3 rings (SSSR count). The molecule has 90 valence electrons. The van der Waals surface area contributed by atoms with Crippen LogP contribution in [0.2, 0.25) is 0 Å². The van der Waals surface area contributed by atoms with E-state index in [1.165, 1.54) is 0 Å². The van der Waals surface area contributed by atoms with Crippen LogP contribution in [0.4, 0.5) is 5.95 Å². The molecule has 1 aromatic heterocycles. The van der Waals surface area contributed by atoms with Gasteiger partial charge in [0.25, 0.3) is 0 Å². The number of aromatic nitrogens is 2. The number of fused-ring (bicyclic) bond motifs is 1. The number of nitrogens with zero attached hydrogens (tertiary/aromatic N) is 3. The van der Waals surface area contributed by atoms with E-state index in [1.807, 2.05) is 0 Å². The average Bonchev–Trinajstić information content (AvgIpc) is 3.03. The van der Waals surface area contributed by atoms with Gasteiger partial charge in [-0.2, -0.15) is 0 Å². The third-order valence-electron chi connectivity index (χ3n) is 2.99. The Bertz CT molecular complexity index is 459. The van der Waals surface area contributed by atoms with Crippen LogP contribution in [0.1, 0.15) is 24.1 Å². The fraction of sp³-hybridized carbons (Fsp3) is 0.545. The number of carboxylic acids is 1. The minimum absolute atomic E-state index is 0.0374. The van der Waals surface area contributed by atoms with Gasteiger partial charge in [0.2, 0.25) is 5.95 Å². The van der Waals surface area contributed by atoms with Crippen molar-refractivity contribution in [1.29, 1.82) is 0 Å². The predicted molar refractivity (Wildman–Crippen MR) is 58.5 cm³/mol. The van der Waals surface area contributed by atoms with Gasteiger partial charge in [0.15, 0.2) is 0 Å². The maximum atomic E-state index is 10.8. The van der Waals surface area contributed by atoms with E-state index in [9.17, 15) is 4.79 Å². The second kappa shape index (κ2) is 3.96. The van der Waals surface area contributed by atoms with Crippen LogP contribution in [0.15, 0.2) is 6.20 Å². The largest absolute Gasteiger partial charge is 0.480 e. The molecule has 0 bridgehead atoms. The smallest absolute Gasteiger partial charge is 0.323 e. The van der Waals surface area contributed by atoms with Crippen LogP contribution in [0.5, 0.6) is 0 Å². The first-order valence-corrected chi connectivity index (χ1v) is 5.65. The number of ether oxygens (including phenoxy) is 1. The molecule has 1 aliphatic heterocycles. The number of carboxylic acid groups (broad SMARTS) is 1. The monoisotopic (exact) mass is 235 g/mol. The summed E-state index contributed by atoms with van der Waals surface area (Å²) in [5, 5.41) is 8.89. The number of carbonyl (C=O) groups is 1. The normalized spacial score (nSPS) is 17.9. The minimum atomic E-state index is -0.850. The zero-order valence-electron chi connectivity index (χ0n) is 9.30. The Kier molecular flexibility index (Phi) is 2.44. The molecule has 17 heavy (non-hydrogen) atoms. The first kappa shape index (κ1) is 10.5. The first-order chi connectivity index (χ1) is 8.24. The van der Waals surface area contributed by atoms with Crippen molar-refractivity contribution in [3.8, 4) is 0 Å². The van der Waals surface area contributed by atoms with Gasteiger partial charge in [-0.25, -0.2) is 9.97 Å². The van der Waals surface area contributed by atoms with Gasteiger partial charge in [-0.3, -0.25) is 4.79 Å². The number of hydrogen-bond donors (Lipinski definition) is 1. The average molecular weight is 235 g/mol. The minimum Gasteiger partial charge on any atom is -0.480 e. The molecule has 0 spiro atoms. The molecule has 0 aromatic carbocycles. The lowest BCUT2D eigenvalue weighted by atomic mass is 10.3. The lowest BCUT2D eigenvalue weighted by Gasteiger charge is -2.20. The molecule has 0 unspecified atom stereocenters. The number of hydrogen-bond acceptors (Lipinski definition) is 5. The van der Waals surface area contributed by atoms with Gasteiger partial charge < -0.3 is 14.7 Å². The molecule has 1 aromatic rings. The van der Waals surface area contributed by atoms with E-state index < -0.39 is 5.97 Å². The van der Waals surface area contributed by atoms with E-state index in [0.29, 0.717) is 19.2 Å². The van der Waals surface area contributed by atoms with Gasteiger partial charge in [0.05, 0.1) is 18.9 Å². The molecule has 2 aliphatic rings. The lowest BCUT2D eigenvalue weighted by Crippen LogP contribution is -2.33. The fourth-order valence-corrected chi connectivity index (χ4v) is 1.97. The van der Waals surface area contributed by atoms with Crippen LogP contribution in [0.3, 0.4) is 0 Å². The molecule has 6 nitrogen and oxygen atoms in total. The second-order valence-corrected chi connectivity index (χ2v) is 4.39. The predicted octanol–water partition coefficient (Wildman–Crippen LogP) is 0.560. The molecule has 2 heterocycles. The molecular weight excluding hydrogens is 222 g/mol. The van der Waals surface area contributed by atoms with Gasteiger partial charge in [-0.1, -0.05) is 0 Å². The second-order valence-electron chi connectivity index (χ2n) is 4.39. The summed E-state index contributed by atoms with van der Waals surface area (Å²) in [5.41, 5.74) is 1.88. The van der Waals surface area contributed by atoms with E-state index in [-0.39, 0.29) is 12.6 Å². The van der Waals surface area contributed by atoms with Gasteiger partial charge in [-0.15, -0.1) is 0 Å². The van der Waals surface area contributed by atoms with Crippen LogP contribution in [-0.4, -0.2) is 33.6 Å². The number of rotatable bonds is 4. The summed E-state index contributed by atoms with van der Waals surface area (Å²) >= 11 is 0. The van der Waals surface area contributed by atoms with Crippen molar-refractivity contribution in [2.45, 2.75) is 32.1 Å². The topological polar surface area (TPSA) is 75.5 Å². The Morgan fingerprint density at radius 3 is 3.06 bits per heavy atom. The third kappa shape index (κ3) is 2.08. The molecule has 0 saturated heterocycles.